The average molecular weight is 223 g/mol. The van der Waals surface area contributed by atoms with E-state index in [9.17, 15) is 5.11 Å². The summed E-state index contributed by atoms with van der Waals surface area (Å²) in [6.45, 7) is 1.83. The third kappa shape index (κ3) is 2.36. The summed E-state index contributed by atoms with van der Waals surface area (Å²) in [7, 11) is 0. The van der Waals surface area contributed by atoms with Crippen molar-refractivity contribution in [1.82, 2.24) is 0 Å². The molecule has 2 nitrogen and oxygen atoms in total. The highest BCUT2D eigenvalue weighted by atomic mass is 32.2. The third-order valence-electron chi connectivity index (χ3n) is 2.84. The van der Waals surface area contributed by atoms with Crippen molar-refractivity contribution in [2.45, 2.75) is 31.2 Å². The number of aliphatic hydroxyl groups is 1. The number of hydrogen-bond acceptors (Lipinski definition) is 3. The lowest BCUT2D eigenvalue weighted by Crippen LogP contribution is -2.24. The van der Waals surface area contributed by atoms with Gasteiger partial charge in [0.05, 0.1) is 6.10 Å². The van der Waals surface area contributed by atoms with Gasteiger partial charge in [-0.15, -0.1) is 0 Å². The van der Waals surface area contributed by atoms with Crippen molar-refractivity contribution in [3.8, 4) is 0 Å². The molecule has 2 rings (SSSR count). The minimum absolute atomic E-state index is 0.207. The fraction of sp³-hybridized carbons (Fsp3) is 0.500. The van der Waals surface area contributed by atoms with Crippen molar-refractivity contribution in [2.24, 2.45) is 5.73 Å². The Balaban J connectivity index is 2.27. The summed E-state index contributed by atoms with van der Waals surface area (Å²) < 4.78 is 0. The first kappa shape index (κ1) is 11.0. The van der Waals surface area contributed by atoms with Gasteiger partial charge in [-0.05, 0) is 35.8 Å². The molecule has 0 saturated heterocycles. The normalized spacial score (nSPS) is 19.4. The van der Waals surface area contributed by atoms with Crippen molar-refractivity contribution in [3.05, 3.63) is 34.9 Å². The van der Waals surface area contributed by atoms with E-state index in [0.29, 0.717) is 0 Å². The number of thioether (sulfide) groups is 1. The van der Waals surface area contributed by atoms with E-state index in [1.807, 2.05) is 24.8 Å². The van der Waals surface area contributed by atoms with Gasteiger partial charge in [-0.2, -0.15) is 11.8 Å². The first-order valence-electron chi connectivity index (χ1n) is 5.31. The Morgan fingerprint density at radius 3 is 2.93 bits per heavy atom. The van der Waals surface area contributed by atoms with E-state index in [0.717, 1.165) is 17.7 Å². The fourth-order valence-corrected chi connectivity index (χ4v) is 2.88. The molecule has 15 heavy (non-hydrogen) atoms. The standard InChI is InChI=1S/C12H17NOS/c1-8(13)12(14)10-2-3-11-7-15-5-4-9(11)6-10/h2-3,6,8,12,14H,4-5,7,13H2,1H3. The Kier molecular flexibility index (Phi) is 3.34. The summed E-state index contributed by atoms with van der Waals surface area (Å²) in [5, 5.41) is 9.87. The summed E-state index contributed by atoms with van der Waals surface area (Å²) in [4.78, 5) is 0. The first-order valence-corrected chi connectivity index (χ1v) is 6.47. The molecule has 1 aromatic rings. The van der Waals surface area contributed by atoms with E-state index in [4.69, 9.17) is 5.73 Å². The van der Waals surface area contributed by atoms with Crippen molar-refractivity contribution >= 4 is 11.8 Å². The number of nitrogens with two attached hydrogens (primary N) is 1. The summed E-state index contributed by atoms with van der Waals surface area (Å²) in [6, 6.07) is 6.03. The molecule has 0 aliphatic carbocycles. The number of hydrogen-bond donors (Lipinski definition) is 2. The van der Waals surface area contributed by atoms with Gasteiger partial charge in [-0.1, -0.05) is 18.2 Å². The summed E-state index contributed by atoms with van der Waals surface area (Å²) >= 11 is 1.97. The Bertz CT molecular complexity index is 351. The van der Waals surface area contributed by atoms with Crippen LogP contribution in [0.15, 0.2) is 18.2 Å². The van der Waals surface area contributed by atoms with Crippen LogP contribution < -0.4 is 5.73 Å². The Morgan fingerprint density at radius 2 is 2.20 bits per heavy atom. The fourth-order valence-electron chi connectivity index (χ4n) is 1.87. The summed E-state index contributed by atoms with van der Waals surface area (Å²) in [6.07, 6.45) is 0.573. The first-order chi connectivity index (χ1) is 7.18. The molecule has 1 aromatic carbocycles. The predicted molar refractivity (Wildman–Crippen MR) is 64.9 cm³/mol. The maximum absolute atomic E-state index is 9.87. The van der Waals surface area contributed by atoms with Crippen LogP contribution in [-0.2, 0) is 12.2 Å². The molecule has 0 aromatic heterocycles. The molecule has 0 fully saturated rings. The number of rotatable bonds is 2. The molecule has 2 atom stereocenters. The van der Waals surface area contributed by atoms with Crippen molar-refractivity contribution in [1.29, 1.82) is 0 Å². The smallest absolute Gasteiger partial charge is 0.0938 e. The molecule has 0 saturated carbocycles. The van der Waals surface area contributed by atoms with E-state index in [-0.39, 0.29) is 6.04 Å². The van der Waals surface area contributed by atoms with Crippen LogP contribution in [0.2, 0.25) is 0 Å². The summed E-state index contributed by atoms with van der Waals surface area (Å²) in [5.74, 6) is 2.29. The number of aliphatic hydroxyl groups excluding tert-OH is 1. The second-order valence-electron chi connectivity index (χ2n) is 4.13. The van der Waals surface area contributed by atoms with Crippen LogP contribution in [0, 0.1) is 0 Å². The van der Waals surface area contributed by atoms with E-state index >= 15 is 0 Å². The molecule has 1 heterocycles. The lowest BCUT2D eigenvalue weighted by atomic mass is 9.97. The van der Waals surface area contributed by atoms with Crippen LogP contribution in [0.25, 0.3) is 0 Å². The van der Waals surface area contributed by atoms with Crippen molar-refractivity contribution in [3.63, 3.8) is 0 Å². The van der Waals surface area contributed by atoms with Crippen LogP contribution >= 0.6 is 11.8 Å². The van der Waals surface area contributed by atoms with Crippen LogP contribution in [0.1, 0.15) is 29.7 Å². The highest BCUT2D eigenvalue weighted by molar-refractivity contribution is 7.98. The molecular weight excluding hydrogens is 206 g/mol. The minimum Gasteiger partial charge on any atom is -0.387 e. The number of aryl methyl sites for hydroxylation is 1. The van der Waals surface area contributed by atoms with Gasteiger partial charge in [0.1, 0.15) is 0 Å². The van der Waals surface area contributed by atoms with Crippen LogP contribution in [0.4, 0.5) is 0 Å². The maximum atomic E-state index is 9.87. The van der Waals surface area contributed by atoms with Gasteiger partial charge >= 0.3 is 0 Å². The van der Waals surface area contributed by atoms with Crippen LogP contribution in [-0.4, -0.2) is 16.9 Å². The maximum Gasteiger partial charge on any atom is 0.0938 e. The molecule has 0 radical (unpaired) electrons. The zero-order valence-corrected chi connectivity index (χ0v) is 9.76. The van der Waals surface area contributed by atoms with Gasteiger partial charge in [0.15, 0.2) is 0 Å². The monoisotopic (exact) mass is 223 g/mol. The zero-order chi connectivity index (χ0) is 10.8. The van der Waals surface area contributed by atoms with Gasteiger partial charge in [0.25, 0.3) is 0 Å². The average Bonchev–Trinajstić information content (AvgIpc) is 2.27. The van der Waals surface area contributed by atoms with E-state index < -0.39 is 6.10 Å². The van der Waals surface area contributed by atoms with Crippen LogP contribution in [0.3, 0.4) is 0 Å². The zero-order valence-electron chi connectivity index (χ0n) is 8.94. The molecule has 0 spiro atoms. The Morgan fingerprint density at radius 1 is 1.40 bits per heavy atom. The molecule has 0 amide bonds. The molecule has 1 aliphatic rings. The Labute approximate surface area is 94.9 Å². The lowest BCUT2D eigenvalue weighted by Gasteiger charge is -2.20. The molecule has 3 heteroatoms. The van der Waals surface area contributed by atoms with Gasteiger partial charge < -0.3 is 10.8 Å². The van der Waals surface area contributed by atoms with Crippen molar-refractivity contribution in [2.75, 3.05) is 5.75 Å². The van der Waals surface area contributed by atoms with Crippen LogP contribution in [0.5, 0.6) is 0 Å². The molecule has 1 aliphatic heterocycles. The summed E-state index contributed by atoms with van der Waals surface area (Å²) in [5.41, 5.74) is 9.43. The van der Waals surface area contributed by atoms with Gasteiger partial charge in [-0.25, -0.2) is 0 Å². The third-order valence-corrected chi connectivity index (χ3v) is 3.85. The molecule has 3 N–H and O–H groups in total. The number of benzene rings is 1. The quantitative estimate of drug-likeness (QED) is 0.804. The molecule has 0 bridgehead atoms. The second kappa shape index (κ2) is 4.56. The van der Waals surface area contributed by atoms with Gasteiger partial charge in [0.2, 0.25) is 0 Å². The number of fused-ring (bicyclic) bond motifs is 1. The molecule has 2 unspecified atom stereocenters. The largest absolute Gasteiger partial charge is 0.387 e. The lowest BCUT2D eigenvalue weighted by molar-refractivity contribution is 0.153. The second-order valence-corrected chi connectivity index (χ2v) is 5.24. The van der Waals surface area contributed by atoms with Gasteiger partial charge in [-0.3, -0.25) is 0 Å². The molecule has 82 valence electrons. The molecular formula is C12H17NOS. The SMILES string of the molecule is CC(N)C(O)c1ccc2c(c1)CCSC2. The topological polar surface area (TPSA) is 46.2 Å². The predicted octanol–water partition coefficient (Wildman–Crippen LogP) is 1.86. The van der Waals surface area contributed by atoms with E-state index in [1.54, 1.807) is 0 Å². The Hall–Kier alpha value is -0.510. The highest BCUT2D eigenvalue weighted by Gasteiger charge is 2.15. The highest BCUT2D eigenvalue weighted by Crippen LogP contribution is 2.27. The van der Waals surface area contributed by atoms with Gasteiger partial charge in [0, 0.05) is 11.8 Å². The van der Waals surface area contributed by atoms with E-state index in [2.05, 4.69) is 12.1 Å². The minimum atomic E-state index is -0.537. The van der Waals surface area contributed by atoms with E-state index in [1.165, 1.54) is 16.9 Å². The van der Waals surface area contributed by atoms with Crippen molar-refractivity contribution < 1.29 is 5.11 Å².